The summed E-state index contributed by atoms with van der Waals surface area (Å²) in [4.78, 5) is 0. The molecule has 0 bridgehead atoms. The molecule has 2 N–H and O–H groups in total. The van der Waals surface area contributed by atoms with Crippen LogP contribution in [0.25, 0.3) is 0 Å². The van der Waals surface area contributed by atoms with Gasteiger partial charge >= 0.3 is 0 Å². The summed E-state index contributed by atoms with van der Waals surface area (Å²) in [7, 11) is 1.51. The van der Waals surface area contributed by atoms with Crippen molar-refractivity contribution >= 4 is 0 Å². The van der Waals surface area contributed by atoms with E-state index in [1.54, 1.807) is 13.0 Å². The molecule has 84 valence electrons. The van der Waals surface area contributed by atoms with Gasteiger partial charge in [0.15, 0.2) is 11.6 Å². The van der Waals surface area contributed by atoms with E-state index in [1.807, 2.05) is 0 Å². The van der Waals surface area contributed by atoms with Crippen molar-refractivity contribution in [2.24, 2.45) is 5.73 Å². The van der Waals surface area contributed by atoms with Crippen LogP contribution in [0.5, 0.6) is 0 Å². The van der Waals surface area contributed by atoms with Crippen LogP contribution in [0.15, 0.2) is 12.1 Å². The number of hydrogen-bond donors (Lipinski definition) is 1. The first-order chi connectivity index (χ1) is 7.10. The lowest BCUT2D eigenvalue weighted by Crippen LogP contribution is -2.12. The summed E-state index contributed by atoms with van der Waals surface area (Å²) in [5, 5.41) is 0. The van der Waals surface area contributed by atoms with Crippen molar-refractivity contribution in [2.45, 2.75) is 19.4 Å². The highest BCUT2D eigenvalue weighted by Gasteiger charge is 2.15. The zero-order valence-corrected chi connectivity index (χ0v) is 8.89. The Morgan fingerprint density at radius 1 is 1.40 bits per heavy atom. The second-order valence-corrected chi connectivity index (χ2v) is 3.55. The van der Waals surface area contributed by atoms with E-state index in [0.717, 1.165) is 6.07 Å². The Kier molecular flexibility index (Phi) is 4.17. The molecule has 1 rings (SSSR count). The lowest BCUT2D eigenvalue weighted by atomic mass is 9.98. The molecule has 15 heavy (non-hydrogen) atoms. The number of ether oxygens (including phenoxy) is 1. The van der Waals surface area contributed by atoms with Crippen molar-refractivity contribution in [1.82, 2.24) is 0 Å². The monoisotopic (exact) mass is 215 g/mol. The number of benzene rings is 1. The van der Waals surface area contributed by atoms with Gasteiger partial charge < -0.3 is 10.5 Å². The van der Waals surface area contributed by atoms with E-state index in [4.69, 9.17) is 10.5 Å². The topological polar surface area (TPSA) is 35.2 Å². The van der Waals surface area contributed by atoms with Crippen LogP contribution < -0.4 is 5.73 Å². The van der Waals surface area contributed by atoms with Crippen molar-refractivity contribution in [3.05, 3.63) is 34.9 Å². The number of rotatable bonds is 4. The SMILES string of the molecule is COCc1cc(F)c(F)c(C(C)CN)c1. The number of nitrogens with two attached hydrogens (primary N) is 1. The van der Waals surface area contributed by atoms with Crippen LogP contribution in [0.2, 0.25) is 0 Å². The Morgan fingerprint density at radius 2 is 2.07 bits per heavy atom. The van der Waals surface area contributed by atoms with Gasteiger partial charge in [-0.1, -0.05) is 13.0 Å². The fourth-order valence-electron chi connectivity index (χ4n) is 1.40. The lowest BCUT2D eigenvalue weighted by Gasteiger charge is -2.12. The quantitative estimate of drug-likeness (QED) is 0.835. The summed E-state index contributed by atoms with van der Waals surface area (Å²) in [5.74, 6) is -1.86. The smallest absolute Gasteiger partial charge is 0.162 e. The Morgan fingerprint density at radius 3 is 2.60 bits per heavy atom. The minimum Gasteiger partial charge on any atom is -0.380 e. The van der Waals surface area contributed by atoms with Crippen LogP contribution in [0, 0.1) is 11.6 Å². The van der Waals surface area contributed by atoms with E-state index in [1.165, 1.54) is 7.11 Å². The van der Waals surface area contributed by atoms with E-state index in [2.05, 4.69) is 0 Å². The molecule has 0 aliphatic carbocycles. The molecule has 0 amide bonds. The second-order valence-electron chi connectivity index (χ2n) is 3.55. The number of hydrogen-bond acceptors (Lipinski definition) is 2. The fraction of sp³-hybridized carbons (Fsp3) is 0.455. The summed E-state index contributed by atoms with van der Waals surface area (Å²) < 4.78 is 31.4. The highest BCUT2D eigenvalue weighted by molar-refractivity contribution is 5.28. The third-order valence-electron chi connectivity index (χ3n) is 2.31. The molecule has 1 aromatic rings. The highest BCUT2D eigenvalue weighted by atomic mass is 19.2. The minimum atomic E-state index is -0.847. The molecule has 0 spiro atoms. The van der Waals surface area contributed by atoms with Gasteiger partial charge in [0, 0.05) is 7.11 Å². The Bertz CT molecular complexity index is 342. The highest BCUT2D eigenvalue weighted by Crippen LogP contribution is 2.22. The number of methoxy groups -OCH3 is 1. The Labute approximate surface area is 88.0 Å². The Balaban J connectivity index is 3.12. The molecule has 4 heteroatoms. The van der Waals surface area contributed by atoms with Crippen LogP contribution in [-0.2, 0) is 11.3 Å². The van der Waals surface area contributed by atoms with E-state index < -0.39 is 11.6 Å². The average molecular weight is 215 g/mol. The maximum atomic E-state index is 13.4. The molecule has 0 aliphatic rings. The van der Waals surface area contributed by atoms with Crippen molar-refractivity contribution in [3.63, 3.8) is 0 Å². The van der Waals surface area contributed by atoms with Gasteiger partial charge in [-0.2, -0.15) is 0 Å². The summed E-state index contributed by atoms with van der Waals surface area (Å²) >= 11 is 0. The molecule has 0 heterocycles. The van der Waals surface area contributed by atoms with Crippen molar-refractivity contribution in [2.75, 3.05) is 13.7 Å². The molecular formula is C11H15F2NO. The third kappa shape index (κ3) is 2.73. The predicted molar refractivity (Wildman–Crippen MR) is 54.5 cm³/mol. The molecule has 0 aliphatic heterocycles. The van der Waals surface area contributed by atoms with Gasteiger partial charge in [-0.15, -0.1) is 0 Å². The molecule has 0 radical (unpaired) electrons. The van der Waals surface area contributed by atoms with Crippen LogP contribution >= 0.6 is 0 Å². The van der Waals surface area contributed by atoms with Gasteiger partial charge in [-0.05, 0) is 29.7 Å². The summed E-state index contributed by atoms with van der Waals surface area (Å²) in [6.07, 6.45) is 0. The molecule has 1 atom stereocenters. The largest absolute Gasteiger partial charge is 0.380 e. The molecule has 0 saturated carbocycles. The van der Waals surface area contributed by atoms with Gasteiger partial charge in [0.25, 0.3) is 0 Å². The molecule has 0 fully saturated rings. The summed E-state index contributed by atoms with van der Waals surface area (Å²) in [6.45, 7) is 2.31. The van der Waals surface area contributed by atoms with Crippen LogP contribution in [-0.4, -0.2) is 13.7 Å². The van der Waals surface area contributed by atoms with Crippen molar-refractivity contribution in [3.8, 4) is 0 Å². The first-order valence-corrected chi connectivity index (χ1v) is 4.77. The van der Waals surface area contributed by atoms with E-state index in [0.29, 0.717) is 11.1 Å². The van der Waals surface area contributed by atoms with Crippen LogP contribution in [0.3, 0.4) is 0 Å². The molecule has 1 unspecified atom stereocenters. The predicted octanol–water partition coefficient (Wildman–Crippen LogP) is 2.17. The molecule has 1 aromatic carbocycles. The normalized spacial score (nSPS) is 12.9. The zero-order chi connectivity index (χ0) is 11.4. The molecular weight excluding hydrogens is 200 g/mol. The van der Waals surface area contributed by atoms with Gasteiger partial charge in [0.05, 0.1) is 6.61 Å². The third-order valence-corrected chi connectivity index (χ3v) is 2.31. The maximum absolute atomic E-state index is 13.4. The zero-order valence-electron chi connectivity index (χ0n) is 8.89. The van der Waals surface area contributed by atoms with E-state index >= 15 is 0 Å². The van der Waals surface area contributed by atoms with Gasteiger partial charge in [-0.25, -0.2) is 8.78 Å². The standard InChI is InChI=1S/C11H15F2NO/c1-7(5-14)9-3-8(6-15-2)4-10(12)11(9)13/h3-4,7H,5-6,14H2,1-2H3. The van der Waals surface area contributed by atoms with E-state index in [9.17, 15) is 8.78 Å². The van der Waals surface area contributed by atoms with E-state index in [-0.39, 0.29) is 19.1 Å². The summed E-state index contributed by atoms with van der Waals surface area (Å²) in [5.41, 5.74) is 6.35. The lowest BCUT2D eigenvalue weighted by molar-refractivity contribution is 0.184. The molecule has 0 aromatic heterocycles. The number of halogens is 2. The van der Waals surface area contributed by atoms with Gasteiger partial charge in [-0.3, -0.25) is 0 Å². The van der Waals surface area contributed by atoms with Crippen LogP contribution in [0.4, 0.5) is 8.78 Å². The first kappa shape index (κ1) is 12.1. The molecule has 2 nitrogen and oxygen atoms in total. The Hall–Kier alpha value is -1.00. The van der Waals surface area contributed by atoms with Gasteiger partial charge in [0.1, 0.15) is 0 Å². The average Bonchev–Trinajstić information content (AvgIpc) is 2.22. The van der Waals surface area contributed by atoms with Crippen LogP contribution in [0.1, 0.15) is 24.0 Å². The van der Waals surface area contributed by atoms with Crippen molar-refractivity contribution < 1.29 is 13.5 Å². The molecule has 0 saturated heterocycles. The van der Waals surface area contributed by atoms with Crippen molar-refractivity contribution in [1.29, 1.82) is 0 Å². The fourth-order valence-corrected chi connectivity index (χ4v) is 1.40. The first-order valence-electron chi connectivity index (χ1n) is 4.77. The second kappa shape index (κ2) is 5.19. The van der Waals surface area contributed by atoms with Gasteiger partial charge in [0.2, 0.25) is 0 Å². The minimum absolute atomic E-state index is 0.198. The maximum Gasteiger partial charge on any atom is 0.162 e. The summed E-state index contributed by atoms with van der Waals surface area (Å²) in [6, 6.07) is 2.74.